The van der Waals surface area contributed by atoms with Crippen LogP contribution in [0.3, 0.4) is 0 Å². The van der Waals surface area contributed by atoms with Crippen LogP contribution in [0.1, 0.15) is 19.8 Å². The fourth-order valence-electron chi connectivity index (χ4n) is 3.43. The van der Waals surface area contributed by atoms with Crippen LogP contribution in [0.4, 0.5) is 20.3 Å². The lowest BCUT2D eigenvalue weighted by Crippen LogP contribution is -2.33. The molecule has 0 aliphatic carbocycles. The topological polar surface area (TPSA) is 75.9 Å². The maximum Gasteiger partial charge on any atom is 0.246 e. The Morgan fingerprint density at radius 1 is 1.18 bits per heavy atom. The van der Waals surface area contributed by atoms with E-state index in [1.54, 1.807) is 6.20 Å². The number of carbonyl (C=O) groups excluding carboxylic acids is 1. The number of amides is 1. The molecule has 1 N–H and O–H groups in total. The van der Waals surface area contributed by atoms with E-state index in [1.165, 1.54) is 11.0 Å². The number of rotatable bonds is 4. The zero-order valence-electron chi connectivity index (χ0n) is 15.4. The molecule has 4 rings (SSSR count). The van der Waals surface area contributed by atoms with E-state index in [2.05, 4.69) is 32.2 Å². The molecule has 3 aromatic rings. The standard InChI is InChI=1S/C19H20F2N6O/c1-12-2-4-26(5-3-12)18-16-9-24-27(19(16)23-11-22-18)10-17(28)25-15-7-13(20)6-14(21)8-15/h6-9,11-12H,2-5,10H2,1H3,(H,25,28). The van der Waals surface area contributed by atoms with Crippen molar-refractivity contribution >= 4 is 28.4 Å². The first-order valence-electron chi connectivity index (χ1n) is 9.17. The molecule has 9 heteroatoms. The van der Waals surface area contributed by atoms with E-state index in [4.69, 9.17) is 0 Å². The molecule has 1 aliphatic rings. The van der Waals surface area contributed by atoms with Crippen molar-refractivity contribution in [1.82, 2.24) is 19.7 Å². The van der Waals surface area contributed by atoms with Gasteiger partial charge in [-0.1, -0.05) is 6.92 Å². The molecule has 1 saturated heterocycles. The second-order valence-electron chi connectivity index (χ2n) is 7.11. The van der Waals surface area contributed by atoms with E-state index >= 15 is 0 Å². The van der Waals surface area contributed by atoms with Crippen LogP contribution in [-0.2, 0) is 11.3 Å². The molecule has 7 nitrogen and oxygen atoms in total. The number of piperidine rings is 1. The molecule has 1 amide bonds. The third-order valence-corrected chi connectivity index (χ3v) is 4.94. The largest absolute Gasteiger partial charge is 0.356 e. The highest BCUT2D eigenvalue weighted by Crippen LogP contribution is 2.27. The second-order valence-corrected chi connectivity index (χ2v) is 7.11. The van der Waals surface area contributed by atoms with E-state index in [0.717, 1.165) is 55.3 Å². The summed E-state index contributed by atoms with van der Waals surface area (Å²) in [6.45, 7) is 3.96. The second kappa shape index (κ2) is 7.49. The molecule has 0 bridgehead atoms. The molecule has 1 aromatic carbocycles. The van der Waals surface area contributed by atoms with Gasteiger partial charge in [0.2, 0.25) is 5.91 Å². The van der Waals surface area contributed by atoms with E-state index < -0.39 is 17.5 Å². The lowest BCUT2D eigenvalue weighted by molar-refractivity contribution is -0.116. The van der Waals surface area contributed by atoms with Crippen molar-refractivity contribution in [3.8, 4) is 0 Å². The average molecular weight is 386 g/mol. The van der Waals surface area contributed by atoms with Crippen LogP contribution < -0.4 is 10.2 Å². The zero-order chi connectivity index (χ0) is 19.7. The fraction of sp³-hybridized carbons (Fsp3) is 0.368. The number of carbonyl (C=O) groups is 1. The first kappa shape index (κ1) is 18.3. The van der Waals surface area contributed by atoms with Gasteiger partial charge in [-0.05, 0) is 30.9 Å². The first-order chi connectivity index (χ1) is 13.5. The van der Waals surface area contributed by atoms with Gasteiger partial charge in [0.1, 0.15) is 30.3 Å². The molecule has 1 fully saturated rings. The van der Waals surface area contributed by atoms with Gasteiger partial charge in [-0.3, -0.25) is 4.79 Å². The highest BCUT2D eigenvalue weighted by atomic mass is 19.1. The molecule has 2 aromatic heterocycles. The Hall–Kier alpha value is -3.10. The number of hydrogen-bond donors (Lipinski definition) is 1. The van der Waals surface area contributed by atoms with Crippen LogP contribution in [0.5, 0.6) is 0 Å². The van der Waals surface area contributed by atoms with Crippen LogP contribution >= 0.6 is 0 Å². The lowest BCUT2D eigenvalue weighted by Gasteiger charge is -2.31. The number of hydrogen-bond acceptors (Lipinski definition) is 5. The smallest absolute Gasteiger partial charge is 0.246 e. The Balaban J connectivity index is 1.53. The van der Waals surface area contributed by atoms with Gasteiger partial charge < -0.3 is 10.2 Å². The number of halogens is 2. The van der Waals surface area contributed by atoms with Crippen LogP contribution in [0.25, 0.3) is 11.0 Å². The van der Waals surface area contributed by atoms with Crippen molar-refractivity contribution in [1.29, 1.82) is 0 Å². The van der Waals surface area contributed by atoms with Crippen molar-refractivity contribution in [3.63, 3.8) is 0 Å². The summed E-state index contributed by atoms with van der Waals surface area (Å²) in [6.07, 6.45) is 5.32. The van der Waals surface area contributed by atoms with Crippen molar-refractivity contribution in [2.45, 2.75) is 26.3 Å². The molecule has 28 heavy (non-hydrogen) atoms. The molecular weight excluding hydrogens is 366 g/mol. The predicted molar refractivity (Wildman–Crippen MR) is 101 cm³/mol. The monoisotopic (exact) mass is 386 g/mol. The number of nitrogens with one attached hydrogen (secondary N) is 1. The quantitative estimate of drug-likeness (QED) is 0.746. The summed E-state index contributed by atoms with van der Waals surface area (Å²) in [5.74, 6) is -0.452. The third-order valence-electron chi connectivity index (χ3n) is 4.94. The Kier molecular flexibility index (Phi) is 4.89. The summed E-state index contributed by atoms with van der Waals surface area (Å²) in [7, 11) is 0. The fourth-order valence-corrected chi connectivity index (χ4v) is 3.43. The van der Waals surface area contributed by atoms with Crippen LogP contribution in [0.15, 0.2) is 30.7 Å². The summed E-state index contributed by atoms with van der Waals surface area (Å²) in [5, 5.41) is 7.52. The van der Waals surface area contributed by atoms with Gasteiger partial charge in [-0.2, -0.15) is 5.10 Å². The maximum absolute atomic E-state index is 13.3. The molecule has 1 aliphatic heterocycles. The Labute approximate surface area is 160 Å². The molecule has 0 atom stereocenters. The normalized spacial score (nSPS) is 15.2. The maximum atomic E-state index is 13.3. The average Bonchev–Trinajstić information content (AvgIpc) is 3.04. The van der Waals surface area contributed by atoms with E-state index in [0.29, 0.717) is 11.6 Å². The summed E-state index contributed by atoms with van der Waals surface area (Å²) < 4.78 is 28.0. The van der Waals surface area contributed by atoms with E-state index in [1.807, 2.05) is 0 Å². The Morgan fingerprint density at radius 2 is 1.89 bits per heavy atom. The van der Waals surface area contributed by atoms with Crippen molar-refractivity contribution in [2.24, 2.45) is 5.92 Å². The number of aromatic nitrogens is 4. The number of nitrogens with zero attached hydrogens (tertiary/aromatic N) is 5. The van der Waals surface area contributed by atoms with E-state index in [-0.39, 0.29) is 12.2 Å². The predicted octanol–water partition coefficient (Wildman–Crippen LogP) is 2.98. The summed E-state index contributed by atoms with van der Waals surface area (Å²) in [6, 6.07) is 2.86. The van der Waals surface area contributed by atoms with Gasteiger partial charge in [0, 0.05) is 24.8 Å². The van der Waals surface area contributed by atoms with Crippen LogP contribution in [0.2, 0.25) is 0 Å². The highest BCUT2D eigenvalue weighted by molar-refractivity contribution is 5.92. The van der Waals surface area contributed by atoms with Gasteiger partial charge in [-0.25, -0.2) is 23.4 Å². The highest BCUT2D eigenvalue weighted by Gasteiger charge is 2.21. The Morgan fingerprint density at radius 3 is 2.61 bits per heavy atom. The van der Waals surface area contributed by atoms with Crippen LogP contribution in [0, 0.1) is 17.6 Å². The zero-order valence-corrected chi connectivity index (χ0v) is 15.4. The van der Waals surface area contributed by atoms with Gasteiger partial charge >= 0.3 is 0 Å². The minimum atomic E-state index is -0.756. The molecule has 0 spiro atoms. The van der Waals surface area contributed by atoms with Gasteiger partial charge in [0.15, 0.2) is 5.65 Å². The minimum absolute atomic E-state index is 0.0525. The summed E-state index contributed by atoms with van der Waals surface area (Å²) >= 11 is 0. The molecule has 146 valence electrons. The van der Waals surface area contributed by atoms with Crippen molar-refractivity contribution < 1.29 is 13.6 Å². The minimum Gasteiger partial charge on any atom is -0.356 e. The van der Waals surface area contributed by atoms with Crippen LogP contribution in [-0.4, -0.2) is 38.7 Å². The van der Waals surface area contributed by atoms with Gasteiger partial charge in [-0.15, -0.1) is 0 Å². The summed E-state index contributed by atoms with van der Waals surface area (Å²) in [5.41, 5.74) is 0.598. The SMILES string of the molecule is CC1CCN(c2ncnc3c2cnn3CC(=O)Nc2cc(F)cc(F)c2)CC1. The number of benzene rings is 1. The van der Waals surface area contributed by atoms with E-state index in [9.17, 15) is 13.6 Å². The number of fused-ring (bicyclic) bond motifs is 1. The molecule has 0 radical (unpaired) electrons. The van der Waals surface area contributed by atoms with Crippen molar-refractivity contribution in [2.75, 3.05) is 23.3 Å². The molecule has 0 saturated carbocycles. The third kappa shape index (κ3) is 3.78. The molecule has 0 unspecified atom stereocenters. The Bertz CT molecular complexity index is 993. The molecular formula is C19H20F2N6O. The van der Waals surface area contributed by atoms with Gasteiger partial charge in [0.25, 0.3) is 0 Å². The molecule has 3 heterocycles. The first-order valence-corrected chi connectivity index (χ1v) is 9.17. The van der Waals surface area contributed by atoms with Crippen molar-refractivity contribution in [3.05, 3.63) is 42.4 Å². The lowest BCUT2D eigenvalue weighted by atomic mass is 9.99. The number of anilines is 2. The van der Waals surface area contributed by atoms with Gasteiger partial charge in [0.05, 0.1) is 11.6 Å². The summed E-state index contributed by atoms with van der Waals surface area (Å²) in [4.78, 5) is 23.2.